The molecule has 5 heterocycles. The van der Waals surface area contributed by atoms with Crippen LogP contribution < -0.4 is 9.97 Å². The molecule has 2 aliphatic rings. The summed E-state index contributed by atoms with van der Waals surface area (Å²) in [5.74, 6) is 10.6. The normalized spacial score (nSPS) is 12.6. The largest absolute Gasteiger partial charge is 2.00 e. The van der Waals surface area contributed by atoms with Crippen LogP contribution in [0.4, 0.5) is 0 Å². The molecule has 0 saturated heterocycles. The van der Waals surface area contributed by atoms with Crippen LogP contribution in [0.15, 0.2) is 42.5 Å². The summed E-state index contributed by atoms with van der Waals surface area (Å²) in [5, 5.41) is 0. The van der Waals surface area contributed by atoms with E-state index >= 15 is 0 Å². The second kappa shape index (κ2) is 17.6. The van der Waals surface area contributed by atoms with E-state index in [4.69, 9.17) is 19.9 Å². The fraction of sp³-hybridized carbons (Fsp3) is 0.388. The zero-order valence-electron chi connectivity index (χ0n) is 34.8. The summed E-state index contributed by atoms with van der Waals surface area (Å²) in [6.45, 7) is 24.7. The van der Waals surface area contributed by atoms with Gasteiger partial charge in [0.15, 0.2) is 0 Å². The van der Waals surface area contributed by atoms with E-state index < -0.39 is 8.07 Å². The molecule has 0 saturated carbocycles. The van der Waals surface area contributed by atoms with Crippen LogP contribution in [0.2, 0.25) is 19.6 Å². The molecule has 2 aliphatic heterocycles. The van der Waals surface area contributed by atoms with E-state index in [1.165, 1.54) is 44.5 Å². The number of fused-ring (bicyclic) bond motifs is 8. The van der Waals surface area contributed by atoms with Gasteiger partial charge in [-0.2, -0.15) is 0 Å². The second-order valence-corrected chi connectivity index (χ2v) is 20.0. The quantitative estimate of drug-likeness (QED) is 0.132. The van der Waals surface area contributed by atoms with Gasteiger partial charge in [-0.25, -0.2) is 9.97 Å². The Bertz CT molecular complexity index is 2460. The van der Waals surface area contributed by atoms with Gasteiger partial charge in [0, 0.05) is 16.7 Å². The van der Waals surface area contributed by atoms with Gasteiger partial charge in [0.05, 0.1) is 22.8 Å². The van der Waals surface area contributed by atoms with E-state index in [2.05, 4.69) is 141 Å². The van der Waals surface area contributed by atoms with Crippen LogP contribution in [-0.2, 0) is 42.2 Å². The monoisotopic (exact) mass is 786 g/mol. The SMILES string of the molecule is CCC1=C(CC)c2cc3[n-]c(c(C#Cc4ccc(C#C[Si](C)(C)C)cc4)c4nc(cc5[n-]c(cc1n2)c(CC)c5CC)C(CC)=C4CC)c(CC)c3CC.[Ni+2]. The second-order valence-electron chi connectivity index (χ2n) is 15.2. The molecule has 55 heavy (non-hydrogen) atoms. The summed E-state index contributed by atoms with van der Waals surface area (Å²) >= 11 is 0. The van der Waals surface area contributed by atoms with Crippen molar-refractivity contribution in [2.24, 2.45) is 0 Å². The summed E-state index contributed by atoms with van der Waals surface area (Å²) in [6, 6.07) is 15.1. The van der Waals surface area contributed by atoms with Gasteiger partial charge in [0.25, 0.3) is 0 Å². The number of aryl methyl sites for hydroxylation is 4. The van der Waals surface area contributed by atoms with Gasteiger partial charge >= 0.3 is 16.5 Å². The summed E-state index contributed by atoms with van der Waals surface area (Å²) in [5.41, 5.74) is 24.6. The predicted octanol–water partition coefficient (Wildman–Crippen LogP) is 11.9. The van der Waals surface area contributed by atoms with Gasteiger partial charge in [-0.1, -0.05) is 133 Å². The van der Waals surface area contributed by atoms with Crippen LogP contribution in [0.5, 0.6) is 0 Å². The topological polar surface area (TPSA) is 54.0 Å². The molecular weight excluding hydrogens is 731 g/mol. The van der Waals surface area contributed by atoms with Crippen molar-refractivity contribution in [1.29, 1.82) is 0 Å². The van der Waals surface area contributed by atoms with Gasteiger partial charge in [-0.3, -0.25) is 0 Å². The van der Waals surface area contributed by atoms with Crippen molar-refractivity contribution >= 4 is 52.4 Å². The van der Waals surface area contributed by atoms with Crippen LogP contribution in [0.25, 0.3) is 44.4 Å². The van der Waals surface area contributed by atoms with Crippen molar-refractivity contribution in [3.05, 3.63) is 104 Å². The number of nitrogens with zero attached hydrogens (tertiary/aromatic N) is 4. The van der Waals surface area contributed by atoms with Crippen LogP contribution in [-0.4, -0.2) is 18.0 Å². The molecule has 8 bridgehead atoms. The summed E-state index contributed by atoms with van der Waals surface area (Å²) < 4.78 is 0. The minimum atomic E-state index is -1.47. The van der Waals surface area contributed by atoms with E-state index in [0.29, 0.717) is 0 Å². The molecule has 0 atom stereocenters. The zero-order chi connectivity index (χ0) is 38.7. The number of benzene rings is 1. The van der Waals surface area contributed by atoms with Gasteiger partial charge in [-0.05, 0) is 97.9 Å². The molecule has 6 rings (SSSR count). The van der Waals surface area contributed by atoms with Crippen molar-refractivity contribution in [2.75, 3.05) is 0 Å². The van der Waals surface area contributed by atoms with Gasteiger partial charge in [-0.15, -0.1) is 27.6 Å². The maximum Gasteiger partial charge on any atom is 2.00 e. The van der Waals surface area contributed by atoms with Crippen molar-refractivity contribution in [3.8, 4) is 23.3 Å². The third kappa shape index (κ3) is 8.28. The molecule has 0 amide bonds. The molecule has 0 N–H and O–H groups in total. The van der Waals surface area contributed by atoms with Crippen LogP contribution >= 0.6 is 0 Å². The minimum Gasteiger partial charge on any atom is -0.657 e. The van der Waals surface area contributed by atoms with E-state index in [1.54, 1.807) is 0 Å². The Balaban J connectivity index is 0.00000580. The van der Waals surface area contributed by atoms with Crippen molar-refractivity contribution < 1.29 is 16.5 Å². The summed E-state index contributed by atoms with van der Waals surface area (Å²) in [6.07, 6.45) is 7.09. The van der Waals surface area contributed by atoms with Gasteiger partial charge < -0.3 is 9.97 Å². The maximum absolute atomic E-state index is 5.51. The first kappa shape index (κ1) is 41.8. The van der Waals surface area contributed by atoms with Crippen molar-refractivity contribution in [1.82, 2.24) is 19.9 Å². The molecule has 4 aromatic rings. The maximum atomic E-state index is 5.51. The number of aromatic nitrogens is 4. The number of allylic oxidation sites excluding steroid dienone is 4. The van der Waals surface area contributed by atoms with E-state index in [0.717, 1.165) is 113 Å². The molecule has 3 aromatic heterocycles. The average Bonchev–Trinajstić information content (AvgIpc) is 3.89. The molecule has 0 unspecified atom stereocenters. The number of hydrogen-bond donors (Lipinski definition) is 0. The smallest absolute Gasteiger partial charge is 0.657 e. The third-order valence-electron chi connectivity index (χ3n) is 10.8. The Labute approximate surface area is 341 Å². The van der Waals surface area contributed by atoms with E-state index in [-0.39, 0.29) is 16.5 Å². The Morgan fingerprint density at radius 3 is 1.36 bits per heavy atom. The average molecular weight is 788 g/mol. The van der Waals surface area contributed by atoms with Gasteiger partial charge in [0.2, 0.25) is 0 Å². The first-order valence-corrected chi connectivity index (χ1v) is 23.8. The van der Waals surface area contributed by atoms with Crippen molar-refractivity contribution in [3.63, 3.8) is 0 Å². The predicted molar refractivity (Wildman–Crippen MR) is 234 cm³/mol. The molecule has 4 nitrogen and oxygen atoms in total. The Morgan fingerprint density at radius 1 is 0.491 bits per heavy atom. The first-order valence-electron chi connectivity index (χ1n) is 20.3. The molecule has 0 spiro atoms. The Morgan fingerprint density at radius 2 is 0.909 bits per heavy atom. The summed E-state index contributed by atoms with van der Waals surface area (Å²) in [7, 11) is -1.47. The van der Waals surface area contributed by atoms with E-state index in [9.17, 15) is 0 Å². The molecule has 0 radical (unpaired) electrons. The minimum absolute atomic E-state index is 0. The number of rotatable bonds is 8. The Hall–Kier alpha value is -4.35. The van der Waals surface area contributed by atoms with Crippen LogP contribution in [0.1, 0.15) is 143 Å². The third-order valence-corrected chi connectivity index (χ3v) is 11.6. The van der Waals surface area contributed by atoms with E-state index in [1.807, 2.05) is 0 Å². The number of hydrogen-bond acceptors (Lipinski definition) is 2. The molecule has 0 aliphatic carbocycles. The molecule has 0 fully saturated rings. The molecule has 1 aromatic carbocycles. The summed E-state index contributed by atoms with van der Waals surface area (Å²) in [4.78, 5) is 21.7. The molecular formula is C49H56N4NiSi. The molecule has 6 heteroatoms. The molecule has 286 valence electrons. The van der Waals surface area contributed by atoms with Crippen molar-refractivity contribution in [2.45, 2.75) is 126 Å². The fourth-order valence-corrected chi connectivity index (χ4v) is 8.68. The Kier molecular flexibility index (Phi) is 13.4. The van der Waals surface area contributed by atoms with Crippen LogP contribution in [0, 0.1) is 23.3 Å². The van der Waals surface area contributed by atoms with Gasteiger partial charge in [0.1, 0.15) is 8.07 Å². The fourth-order valence-electron chi connectivity index (χ4n) is 8.16. The first-order chi connectivity index (χ1) is 26.0. The zero-order valence-corrected chi connectivity index (χ0v) is 36.8. The van der Waals surface area contributed by atoms with Crippen LogP contribution in [0.3, 0.4) is 0 Å². The standard InChI is InChI=1S/C49H56N4Si.Ni/c1-12-33-35(14-3)44-29-46-37(16-5)39(18-7)48(52-46)41(25-24-31-20-22-32(23-21-31)26-27-54(9,10)11)49-40(19-8)38(17-6)47(53-49)30-45-36(15-4)34(13-2)43(51-45)28-42(33)50-44;/h20-23,28-30H,12-19H2,1-11H3;/q-2;+2.